The van der Waals surface area contributed by atoms with Gasteiger partial charge in [0.1, 0.15) is 0 Å². The molecular weight excluding hydrogens is 228 g/mol. The smallest absolute Gasteiger partial charge is 0.185 e. The second-order valence-electron chi connectivity index (χ2n) is 4.36. The third-order valence-electron chi connectivity index (χ3n) is 2.48. The largest absolute Gasteiger partial charge is 0.288 e. The van der Waals surface area contributed by atoms with Crippen LogP contribution in [0.2, 0.25) is 0 Å². The molecule has 1 aromatic carbocycles. The van der Waals surface area contributed by atoms with Gasteiger partial charge in [0, 0.05) is 12.7 Å². The van der Waals surface area contributed by atoms with Gasteiger partial charge in [0.15, 0.2) is 5.12 Å². The van der Waals surface area contributed by atoms with Gasteiger partial charge in [0.05, 0.1) is 0 Å². The van der Waals surface area contributed by atoms with Crippen molar-refractivity contribution >= 4 is 23.0 Å². The molecule has 0 amide bonds. The lowest BCUT2D eigenvalue weighted by Gasteiger charge is -2.05. The third-order valence-corrected chi connectivity index (χ3v) is 3.32. The van der Waals surface area contributed by atoms with E-state index in [2.05, 4.69) is 50.3 Å². The summed E-state index contributed by atoms with van der Waals surface area (Å²) >= 11 is 1.38. The Hall–Kier alpha value is -1.02. The van der Waals surface area contributed by atoms with Gasteiger partial charge in [0.2, 0.25) is 0 Å². The first-order valence-electron chi connectivity index (χ1n) is 5.99. The topological polar surface area (TPSA) is 17.1 Å². The molecule has 92 valence electrons. The van der Waals surface area contributed by atoms with E-state index in [0.29, 0.717) is 5.92 Å². The van der Waals surface area contributed by atoms with Crippen LogP contribution in [0.25, 0.3) is 6.08 Å². The van der Waals surface area contributed by atoms with Crippen LogP contribution in [0.3, 0.4) is 0 Å². The number of rotatable bonds is 5. The summed E-state index contributed by atoms with van der Waals surface area (Å²) in [5.74, 6) is 1.44. The summed E-state index contributed by atoms with van der Waals surface area (Å²) in [6, 6.07) is 8.59. The Labute approximate surface area is 108 Å². The molecule has 0 N–H and O–H groups in total. The summed E-state index contributed by atoms with van der Waals surface area (Å²) in [5.41, 5.74) is 2.61. The predicted molar refractivity (Wildman–Crippen MR) is 77.3 cm³/mol. The van der Waals surface area contributed by atoms with Crippen molar-refractivity contribution in [1.82, 2.24) is 0 Å². The molecule has 0 aliphatic carbocycles. The zero-order valence-electron chi connectivity index (χ0n) is 10.8. The first kappa shape index (κ1) is 14.0. The molecule has 0 saturated heterocycles. The Bertz CT molecular complexity index is 394. The summed E-state index contributed by atoms with van der Waals surface area (Å²) in [6.45, 7) is 6.01. The minimum atomic E-state index is 0.195. The van der Waals surface area contributed by atoms with Crippen molar-refractivity contribution in [2.45, 2.75) is 33.1 Å². The van der Waals surface area contributed by atoms with E-state index in [1.165, 1.54) is 22.9 Å². The van der Waals surface area contributed by atoms with Gasteiger partial charge in [-0.25, -0.2) is 0 Å². The number of hydrogen-bond donors (Lipinski definition) is 0. The monoisotopic (exact) mass is 248 g/mol. The van der Waals surface area contributed by atoms with E-state index < -0.39 is 0 Å². The third kappa shape index (κ3) is 5.73. The highest BCUT2D eigenvalue weighted by atomic mass is 32.2. The first-order valence-corrected chi connectivity index (χ1v) is 6.98. The second kappa shape index (κ2) is 7.33. The van der Waals surface area contributed by atoms with Gasteiger partial charge in [-0.15, -0.1) is 0 Å². The molecule has 17 heavy (non-hydrogen) atoms. The molecule has 0 unspecified atom stereocenters. The predicted octanol–water partition coefficient (Wildman–Crippen LogP) is 4.49. The molecule has 0 saturated carbocycles. The molecule has 0 bridgehead atoms. The molecule has 0 spiro atoms. The summed E-state index contributed by atoms with van der Waals surface area (Å²) in [6.07, 6.45) is 5.21. The number of thioether (sulfide) groups is 1. The van der Waals surface area contributed by atoms with E-state index in [4.69, 9.17) is 0 Å². The van der Waals surface area contributed by atoms with Gasteiger partial charge in [-0.2, -0.15) is 0 Å². The molecule has 1 nitrogen and oxygen atoms in total. The molecule has 0 aromatic heterocycles. The standard InChI is InChI=1S/C15H20OS/c1-12(2)15-9-6-8-14(11-15)7-4-5-10-17-13(3)16/h4,6-9,11-12H,5,10H2,1-3H3. The van der Waals surface area contributed by atoms with Crippen LogP contribution in [-0.4, -0.2) is 10.9 Å². The fourth-order valence-electron chi connectivity index (χ4n) is 1.51. The Morgan fingerprint density at radius 3 is 2.82 bits per heavy atom. The van der Waals surface area contributed by atoms with E-state index in [1.54, 1.807) is 6.92 Å². The Morgan fingerprint density at radius 1 is 1.41 bits per heavy atom. The zero-order chi connectivity index (χ0) is 12.7. The Morgan fingerprint density at radius 2 is 2.18 bits per heavy atom. The summed E-state index contributed by atoms with van der Waals surface area (Å²) in [4.78, 5) is 10.7. The molecular formula is C15H20OS. The highest BCUT2D eigenvalue weighted by Crippen LogP contribution is 2.16. The van der Waals surface area contributed by atoms with Crippen molar-refractivity contribution in [3.63, 3.8) is 0 Å². The van der Waals surface area contributed by atoms with Crippen LogP contribution in [0.4, 0.5) is 0 Å². The molecule has 1 aromatic rings. The van der Waals surface area contributed by atoms with E-state index in [1.807, 2.05) is 0 Å². The van der Waals surface area contributed by atoms with Crippen LogP contribution in [0.5, 0.6) is 0 Å². The number of benzene rings is 1. The lowest BCUT2D eigenvalue weighted by molar-refractivity contribution is -0.109. The van der Waals surface area contributed by atoms with Crippen LogP contribution in [0.1, 0.15) is 44.2 Å². The van der Waals surface area contributed by atoms with Crippen LogP contribution in [0, 0.1) is 0 Å². The summed E-state index contributed by atoms with van der Waals surface area (Å²) < 4.78 is 0. The minimum absolute atomic E-state index is 0.195. The van der Waals surface area contributed by atoms with Gasteiger partial charge in [-0.05, 0) is 23.5 Å². The SMILES string of the molecule is CC(=O)SCCC=Cc1cccc(C(C)C)c1. The molecule has 0 aliphatic heterocycles. The molecule has 1 rings (SSSR count). The highest BCUT2D eigenvalue weighted by molar-refractivity contribution is 8.13. The zero-order valence-corrected chi connectivity index (χ0v) is 11.6. The normalized spacial score (nSPS) is 11.3. The average molecular weight is 248 g/mol. The van der Waals surface area contributed by atoms with Crippen molar-refractivity contribution in [2.75, 3.05) is 5.75 Å². The quantitative estimate of drug-likeness (QED) is 0.714. The maximum atomic E-state index is 10.7. The van der Waals surface area contributed by atoms with Crippen molar-refractivity contribution in [3.05, 3.63) is 41.5 Å². The van der Waals surface area contributed by atoms with E-state index >= 15 is 0 Å². The van der Waals surface area contributed by atoms with Crippen LogP contribution in [0.15, 0.2) is 30.3 Å². The maximum Gasteiger partial charge on any atom is 0.185 e. The molecule has 0 fully saturated rings. The van der Waals surface area contributed by atoms with Crippen molar-refractivity contribution < 1.29 is 4.79 Å². The van der Waals surface area contributed by atoms with E-state index in [0.717, 1.165) is 12.2 Å². The van der Waals surface area contributed by atoms with Crippen LogP contribution >= 0.6 is 11.8 Å². The van der Waals surface area contributed by atoms with Crippen LogP contribution < -0.4 is 0 Å². The fourth-order valence-corrected chi connectivity index (χ4v) is 2.05. The van der Waals surface area contributed by atoms with Crippen molar-refractivity contribution in [2.24, 2.45) is 0 Å². The van der Waals surface area contributed by atoms with Gasteiger partial charge < -0.3 is 0 Å². The lowest BCUT2D eigenvalue weighted by Crippen LogP contribution is -1.87. The van der Waals surface area contributed by atoms with Gasteiger partial charge in [0.25, 0.3) is 0 Å². The van der Waals surface area contributed by atoms with E-state index in [9.17, 15) is 4.79 Å². The number of carbonyl (C=O) groups is 1. The number of carbonyl (C=O) groups excluding carboxylic acids is 1. The van der Waals surface area contributed by atoms with Gasteiger partial charge in [-0.1, -0.05) is 62.0 Å². The Balaban J connectivity index is 2.48. The lowest BCUT2D eigenvalue weighted by atomic mass is 10.0. The highest BCUT2D eigenvalue weighted by Gasteiger charge is 1.98. The summed E-state index contributed by atoms with van der Waals surface area (Å²) in [5, 5.41) is 0.195. The van der Waals surface area contributed by atoms with Gasteiger partial charge >= 0.3 is 0 Å². The number of hydrogen-bond acceptors (Lipinski definition) is 2. The molecule has 0 atom stereocenters. The van der Waals surface area contributed by atoms with Gasteiger partial charge in [-0.3, -0.25) is 4.79 Å². The minimum Gasteiger partial charge on any atom is -0.288 e. The van der Waals surface area contributed by atoms with Crippen LogP contribution in [-0.2, 0) is 4.79 Å². The average Bonchev–Trinajstić information content (AvgIpc) is 2.28. The molecule has 0 aliphatic rings. The van der Waals surface area contributed by atoms with Crippen molar-refractivity contribution in [1.29, 1.82) is 0 Å². The van der Waals surface area contributed by atoms with Crippen molar-refractivity contribution in [3.8, 4) is 0 Å². The van der Waals surface area contributed by atoms with E-state index in [-0.39, 0.29) is 5.12 Å². The Kier molecular flexibility index (Phi) is 6.06. The first-order chi connectivity index (χ1) is 8.09. The molecule has 2 heteroatoms. The second-order valence-corrected chi connectivity index (χ2v) is 5.63. The molecule has 0 radical (unpaired) electrons. The maximum absolute atomic E-state index is 10.7. The fraction of sp³-hybridized carbons (Fsp3) is 0.400. The summed E-state index contributed by atoms with van der Waals surface area (Å²) in [7, 11) is 0. The molecule has 0 heterocycles. The number of allylic oxidation sites excluding steroid dienone is 1.